The summed E-state index contributed by atoms with van der Waals surface area (Å²) >= 11 is 0. The van der Waals surface area contributed by atoms with Gasteiger partial charge in [-0.05, 0) is 47.8 Å². The molecule has 0 bridgehead atoms. The molecule has 1 aliphatic heterocycles. The van der Waals surface area contributed by atoms with Crippen LogP contribution in [0.15, 0.2) is 75.1 Å². The average Bonchev–Trinajstić information content (AvgIpc) is 3.40. The zero-order valence-electron chi connectivity index (χ0n) is 15.6. The highest BCUT2D eigenvalue weighted by molar-refractivity contribution is 5.92. The van der Waals surface area contributed by atoms with Crippen molar-refractivity contribution in [1.29, 1.82) is 0 Å². The summed E-state index contributed by atoms with van der Waals surface area (Å²) in [6.45, 7) is 3.17. The van der Waals surface area contributed by atoms with Crippen LogP contribution in [0.4, 0.5) is 0 Å². The molecule has 6 heteroatoms. The van der Waals surface area contributed by atoms with Gasteiger partial charge in [0.2, 0.25) is 0 Å². The second-order valence-electron chi connectivity index (χ2n) is 6.73. The first kappa shape index (κ1) is 18.3. The smallest absolute Gasteiger partial charge is 0.307 e. The lowest BCUT2D eigenvalue weighted by molar-refractivity contribution is 0.0548. The van der Waals surface area contributed by atoms with Crippen LogP contribution in [0.5, 0.6) is 0 Å². The van der Waals surface area contributed by atoms with Crippen LogP contribution in [0.3, 0.4) is 0 Å². The van der Waals surface area contributed by atoms with E-state index in [4.69, 9.17) is 9.15 Å². The Labute approximate surface area is 164 Å². The number of hydrazone groups is 1. The molecule has 144 valence electrons. The van der Waals surface area contributed by atoms with Crippen molar-refractivity contribution < 1.29 is 13.9 Å². The molecule has 28 heavy (non-hydrogen) atoms. The van der Waals surface area contributed by atoms with Gasteiger partial charge in [0.1, 0.15) is 0 Å². The Morgan fingerprint density at radius 3 is 2.64 bits per heavy atom. The number of carbonyl (C=O) groups is 1. The summed E-state index contributed by atoms with van der Waals surface area (Å²) in [5.74, 6) is -0.108. The number of hydrogen-bond donors (Lipinski definition) is 1. The summed E-state index contributed by atoms with van der Waals surface area (Å²) in [5.41, 5.74) is 7.37. The molecule has 1 aromatic carbocycles. The Morgan fingerprint density at radius 1 is 1.07 bits per heavy atom. The number of furan rings is 1. The zero-order chi connectivity index (χ0) is 19.2. The number of morpholine rings is 1. The molecule has 2 aliphatic rings. The average molecular weight is 377 g/mol. The maximum absolute atomic E-state index is 12.0. The lowest BCUT2D eigenvalue weighted by Crippen LogP contribution is -2.36. The van der Waals surface area contributed by atoms with E-state index in [2.05, 4.69) is 33.6 Å². The Morgan fingerprint density at radius 2 is 1.89 bits per heavy atom. The van der Waals surface area contributed by atoms with Gasteiger partial charge >= 0.3 is 5.91 Å². The summed E-state index contributed by atoms with van der Waals surface area (Å²) in [4.78, 5) is 14.4. The van der Waals surface area contributed by atoms with Gasteiger partial charge in [0, 0.05) is 18.8 Å². The minimum Gasteiger partial charge on any atom is -0.459 e. The number of allylic oxidation sites excluding steroid dienone is 2. The van der Waals surface area contributed by atoms with E-state index in [0.29, 0.717) is 0 Å². The van der Waals surface area contributed by atoms with E-state index in [1.165, 1.54) is 23.1 Å². The summed E-state index contributed by atoms with van der Waals surface area (Å²) < 4.78 is 10.6. The van der Waals surface area contributed by atoms with Gasteiger partial charge in [-0.25, -0.2) is 5.43 Å². The standard InChI is InChI=1S/C22H23N3O3/c26-22(20-7-4-12-28-20)24-23-16-19-9-8-18(15-17-5-2-1-3-6-17)21(19)25-10-13-27-14-11-25/h1-7,12,15-16H,8-11,13-14H2,(H,24,26)/b18-15?,23-16-. The number of amides is 1. The minimum atomic E-state index is -0.354. The first-order chi connectivity index (χ1) is 13.8. The van der Waals surface area contributed by atoms with Crippen LogP contribution in [-0.4, -0.2) is 43.3 Å². The monoisotopic (exact) mass is 377 g/mol. The first-order valence-corrected chi connectivity index (χ1v) is 9.50. The molecule has 1 fully saturated rings. The van der Waals surface area contributed by atoms with Gasteiger partial charge in [0.15, 0.2) is 5.76 Å². The molecule has 1 N–H and O–H groups in total. The van der Waals surface area contributed by atoms with E-state index < -0.39 is 0 Å². The van der Waals surface area contributed by atoms with Gasteiger partial charge in [-0.3, -0.25) is 4.79 Å². The molecule has 2 aromatic rings. The van der Waals surface area contributed by atoms with Gasteiger partial charge in [0.25, 0.3) is 0 Å². The Bertz CT molecular complexity index is 892. The Kier molecular flexibility index (Phi) is 5.68. The van der Waals surface area contributed by atoms with E-state index in [0.717, 1.165) is 44.7 Å². The SMILES string of the molecule is O=C(N/N=C\C1=C(N2CCOCC2)C(=Cc2ccccc2)CC1)c1ccco1. The molecule has 1 saturated heterocycles. The largest absolute Gasteiger partial charge is 0.459 e. The number of nitrogens with zero attached hydrogens (tertiary/aromatic N) is 2. The predicted octanol–water partition coefficient (Wildman–Crippen LogP) is 3.46. The van der Waals surface area contributed by atoms with Crippen LogP contribution in [-0.2, 0) is 4.74 Å². The summed E-state index contributed by atoms with van der Waals surface area (Å²) in [6.07, 6.45) is 7.32. The molecule has 1 aliphatic carbocycles. The fraction of sp³-hybridized carbons (Fsp3) is 0.273. The molecule has 0 atom stereocenters. The van der Waals surface area contributed by atoms with E-state index in [-0.39, 0.29) is 11.7 Å². The summed E-state index contributed by atoms with van der Waals surface area (Å²) in [6, 6.07) is 13.6. The fourth-order valence-corrected chi connectivity index (χ4v) is 3.55. The van der Waals surface area contributed by atoms with Crippen LogP contribution >= 0.6 is 0 Å². The maximum atomic E-state index is 12.0. The van der Waals surface area contributed by atoms with Crippen molar-refractivity contribution in [3.05, 3.63) is 76.9 Å². The number of benzene rings is 1. The van der Waals surface area contributed by atoms with Gasteiger partial charge in [-0.2, -0.15) is 5.10 Å². The van der Waals surface area contributed by atoms with Crippen molar-refractivity contribution >= 4 is 18.2 Å². The molecular weight excluding hydrogens is 354 g/mol. The fourth-order valence-electron chi connectivity index (χ4n) is 3.55. The van der Waals surface area contributed by atoms with Crippen molar-refractivity contribution in [2.45, 2.75) is 12.8 Å². The zero-order valence-corrected chi connectivity index (χ0v) is 15.6. The molecule has 0 radical (unpaired) electrons. The van der Waals surface area contributed by atoms with Crippen LogP contribution in [0.25, 0.3) is 6.08 Å². The van der Waals surface area contributed by atoms with Crippen LogP contribution < -0.4 is 5.43 Å². The summed E-state index contributed by atoms with van der Waals surface area (Å²) in [7, 11) is 0. The Hall–Kier alpha value is -3.12. The molecule has 0 unspecified atom stereocenters. The van der Waals surface area contributed by atoms with E-state index in [1.807, 2.05) is 18.2 Å². The highest BCUT2D eigenvalue weighted by Gasteiger charge is 2.25. The lowest BCUT2D eigenvalue weighted by atomic mass is 10.1. The molecule has 4 rings (SSSR count). The van der Waals surface area contributed by atoms with Gasteiger partial charge < -0.3 is 14.1 Å². The first-order valence-electron chi connectivity index (χ1n) is 9.50. The van der Waals surface area contributed by atoms with Crippen LogP contribution in [0.1, 0.15) is 29.0 Å². The third kappa shape index (κ3) is 4.23. The van der Waals surface area contributed by atoms with Gasteiger partial charge in [-0.1, -0.05) is 30.3 Å². The number of hydrogen-bond acceptors (Lipinski definition) is 5. The number of carbonyl (C=O) groups excluding carboxylic acids is 1. The quantitative estimate of drug-likeness (QED) is 0.640. The maximum Gasteiger partial charge on any atom is 0.307 e. The molecular formula is C22H23N3O3. The third-order valence-electron chi connectivity index (χ3n) is 4.87. The second-order valence-corrected chi connectivity index (χ2v) is 6.73. The summed E-state index contributed by atoms with van der Waals surface area (Å²) in [5, 5.41) is 4.17. The highest BCUT2D eigenvalue weighted by atomic mass is 16.5. The minimum absolute atomic E-state index is 0.246. The predicted molar refractivity (Wildman–Crippen MR) is 108 cm³/mol. The molecule has 0 saturated carbocycles. The van der Waals surface area contributed by atoms with E-state index >= 15 is 0 Å². The number of nitrogens with one attached hydrogen (secondary N) is 1. The Balaban J connectivity index is 1.57. The molecule has 1 amide bonds. The third-order valence-corrected chi connectivity index (χ3v) is 4.87. The molecule has 2 heterocycles. The van der Waals surface area contributed by atoms with Crippen LogP contribution in [0.2, 0.25) is 0 Å². The normalized spacial score (nSPS) is 19.0. The van der Waals surface area contributed by atoms with Gasteiger partial charge in [0.05, 0.1) is 25.7 Å². The van der Waals surface area contributed by atoms with E-state index in [1.54, 1.807) is 18.3 Å². The van der Waals surface area contributed by atoms with Crippen molar-refractivity contribution in [3.8, 4) is 0 Å². The van der Waals surface area contributed by atoms with Crippen LogP contribution in [0, 0.1) is 0 Å². The number of ether oxygens (including phenoxy) is 1. The molecule has 1 aromatic heterocycles. The molecule has 6 nitrogen and oxygen atoms in total. The molecule has 0 spiro atoms. The van der Waals surface area contributed by atoms with Crippen molar-refractivity contribution in [1.82, 2.24) is 10.3 Å². The van der Waals surface area contributed by atoms with Gasteiger partial charge in [-0.15, -0.1) is 0 Å². The topological polar surface area (TPSA) is 67.1 Å². The van der Waals surface area contributed by atoms with E-state index in [9.17, 15) is 4.79 Å². The van der Waals surface area contributed by atoms with Crippen molar-refractivity contribution in [2.24, 2.45) is 5.10 Å². The van der Waals surface area contributed by atoms with Crippen molar-refractivity contribution in [3.63, 3.8) is 0 Å². The lowest BCUT2D eigenvalue weighted by Gasteiger charge is -2.31. The highest BCUT2D eigenvalue weighted by Crippen LogP contribution is 2.34. The van der Waals surface area contributed by atoms with Crippen molar-refractivity contribution in [2.75, 3.05) is 26.3 Å². The number of rotatable bonds is 5. The second kappa shape index (κ2) is 8.71.